The summed E-state index contributed by atoms with van der Waals surface area (Å²) in [4.78, 5) is 14.5. The molecule has 1 atom stereocenters. The van der Waals surface area contributed by atoms with Gasteiger partial charge in [0.25, 0.3) is 0 Å². The zero-order chi connectivity index (χ0) is 19.1. The zero-order valence-electron chi connectivity index (χ0n) is 15.0. The first-order valence-electron chi connectivity index (χ1n) is 9.01. The first kappa shape index (κ1) is 19.0. The second-order valence-corrected chi connectivity index (χ2v) is 6.68. The maximum atomic E-state index is 13.5. The largest absolute Gasteiger partial charge is 0.377 e. The summed E-state index contributed by atoms with van der Waals surface area (Å²) >= 11 is 0. The summed E-state index contributed by atoms with van der Waals surface area (Å²) in [5.74, 6) is -0.471. The van der Waals surface area contributed by atoms with Crippen molar-refractivity contribution >= 4 is 11.6 Å². The highest BCUT2D eigenvalue weighted by Crippen LogP contribution is 2.16. The van der Waals surface area contributed by atoms with Crippen LogP contribution in [0, 0.1) is 17.1 Å². The van der Waals surface area contributed by atoms with Gasteiger partial charge in [-0.1, -0.05) is 18.2 Å². The Bertz CT molecular complexity index is 828. The summed E-state index contributed by atoms with van der Waals surface area (Å²) in [6, 6.07) is 15.2. The number of rotatable bonds is 7. The van der Waals surface area contributed by atoms with E-state index in [0.717, 1.165) is 25.0 Å². The number of halogens is 1. The van der Waals surface area contributed by atoms with Gasteiger partial charge in [-0.2, -0.15) is 5.26 Å². The average Bonchev–Trinajstić information content (AvgIpc) is 3.14. The van der Waals surface area contributed by atoms with Gasteiger partial charge in [0, 0.05) is 25.4 Å². The molecule has 1 unspecified atom stereocenters. The monoisotopic (exact) mass is 367 g/mol. The predicted octanol–water partition coefficient (Wildman–Crippen LogP) is 3.32. The van der Waals surface area contributed by atoms with Gasteiger partial charge in [0.2, 0.25) is 5.91 Å². The fourth-order valence-electron chi connectivity index (χ4n) is 3.22. The Labute approximate surface area is 158 Å². The van der Waals surface area contributed by atoms with Gasteiger partial charge in [-0.15, -0.1) is 0 Å². The van der Waals surface area contributed by atoms with Crippen molar-refractivity contribution in [3.63, 3.8) is 0 Å². The van der Waals surface area contributed by atoms with Crippen LogP contribution in [0.5, 0.6) is 0 Å². The third-order valence-electron chi connectivity index (χ3n) is 4.42. The fraction of sp³-hybridized carbons (Fsp3) is 0.333. The van der Waals surface area contributed by atoms with Gasteiger partial charge in [-0.05, 0) is 48.7 Å². The molecule has 5 nitrogen and oxygen atoms in total. The highest BCUT2D eigenvalue weighted by molar-refractivity contribution is 5.92. The lowest BCUT2D eigenvalue weighted by atomic mass is 10.1. The van der Waals surface area contributed by atoms with E-state index in [9.17, 15) is 9.18 Å². The molecule has 1 fully saturated rings. The van der Waals surface area contributed by atoms with Crippen LogP contribution in [0.25, 0.3) is 0 Å². The van der Waals surface area contributed by atoms with Crippen LogP contribution in [0.4, 0.5) is 10.1 Å². The molecule has 6 heteroatoms. The van der Waals surface area contributed by atoms with Gasteiger partial charge in [0.1, 0.15) is 5.82 Å². The third kappa shape index (κ3) is 5.88. The van der Waals surface area contributed by atoms with Crippen molar-refractivity contribution in [1.82, 2.24) is 4.90 Å². The minimum atomic E-state index is -0.290. The molecule has 140 valence electrons. The Morgan fingerprint density at radius 3 is 2.89 bits per heavy atom. The van der Waals surface area contributed by atoms with Crippen LogP contribution >= 0.6 is 0 Å². The molecule has 2 aromatic rings. The van der Waals surface area contributed by atoms with E-state index in [4.69, 9.17) is 10.00 Å². The Morgan fingerprint density at radius 2 is 2.15 bits per heavy atom. The number of nitrogens with zero attached hydrogens (tertiary/aromatic N) is 2. The topological polar surface area (TPSA) is 65.4 Å². The van der Waals surface area contributed by atoms with Gasteiger partial charge in [0.15, 0.2) is 0 Å². The summed E-state index contributed by atoms with van der Waals surface area (Å²) in [6.07, 6.45) is 2.07. The molecule has 1 heterocycles. The first-order valence-corrected chi connectivity index (χ1v) is 9.01. The standard InChI is InChI=1S/C21H22FN3O2/c22-18-6-1-5-17(10-18)13-25(14-20-8-3-9-27-20)15-21(26)24-19-7-2-4-16(11-19)12-23/h1-2,4-7,10-11,20H,3,8-9,13-15H2,(H,24,26). The molecule has 0 aliphatic carbocycles. The van der Waals surface area contributed by atoms with Gasteiger partial charge in [-0.3, -0.25) is 9.69 Å². The van der Waals surface area contributed by atoms with Crippen LogP contribution in [0.3, 0.4) is 0 Å². The van der Waals surface area contributed by atoms with E-state index in [1.54, 1.807) is 30.3 Å². The van der Waals surface area contributed by atoms with E-state index in [1.807, 2.05) is 11.0 Å². The zero-order valence-corrected chi connectivity index (χ0v) is 15.0. The Balaban J connectivity index is 1.65. The second-order valence-electron chi connectivity index (χ2n) is 6.68. The molecular formula is C21H22FN3O2. The minimum absolute atomic E-state index is 0.0910. The Hall–Kier alpha value is -2.75. The molecule has 1 aliphatic rings. The van der Waals surface area contributed by atoms with Crippen LogP contribution in [-0.4, -0.2) is 36.6 Å². The lowest BCUT2D eigenvalue weighted by Crippen LogP contribution is -2.38. The summed E-state index contributed by atoms with van der Waals surface area (Å²) in [6.45, 7) is 1.98. The number of ether oxygens (including phenoxy) is 1. The number of nitrogens with one attached hydrogen (secondary N) is 1. The van der Waals surface area contributed by atoms with E-state index in [2.05, 4.69) is 11.4 Å². The quantitative estimate of drug-likeness (QED) is 0.815. The molecule has 2 aromatic carbocycles. The van der Waals surface area contributed by atoms with Gasteiger partial charge in [-0.25, -0.2) is 4.39 Å². The van der Waals surface area contributed by atoms with Crippen molar-refractivity contribution in [2.24, 2.45) is 0 Å². The number of carbonyl (C=O) groups is 1. The van der Waals surface area contributed by atoms with Crippen LogP contribution < -0.4 is 5.32 Å². The van der Waals surface area contributed by atoms with Crippen LogP contribution in [0.15, 0.2) is 48.5 Å². The molecule has 0 spiro atoms. The Kier molecular flexibility index (Phi) is 6.53. The number of hydrogen-bond acceptors (Lipinski definition) is 4. The van der Waals surface area contributed by atoms with Gasteiger partial charge in [0.05, 0.1) is 24.3 Å². The predicted molar refractivity (Wildman–Crippen MR) is 100 cm³/mol. The number of carbonyl (C=O) groups excluding carboxylic acids is 1. The van der Waals surface area contributed by atoms with Crippen LogP contribution in [0.2, 0.25) is 0 Å². The normalized spacial score (nSPS) is 16.3. The first-order chi connectivity index (χ1) is 13.1. The highest BCUT2D eigenvalue weighted by Gasteiger charge is 2.21. The maximum absolute atomic E-state index is 13.5. The number of hydrogen-bond donors (Lipinski definition) is 1. The molecule has 0 bridgehead atoms. The summed E-state index contributed by atoms with van der Waals surface area (Å²) in [5.41, 5.74) is 1.89. The smallest absolute Gasteiger partial charge is 0.238 e. The third-order valence-corrected chi connectivity index (χ3v) is 4.42. The highest BCUT2D eigenvalue weighted by atomic mass is 19.1. The van der Waals surface area contributed by atoms with E-state index in [1.165, 1.54) is 12.1 Å². The second kappa shape index (κ2) is 9.26. The molecule has 3 rings (SSSR count). The molecule has 0 aromatic heterocycles. The van der Waals surface area contributed by atoms with Crippen molar-refractivity contribution in [2.45, 2.75) is 25.5 Å². The lowest BCUT2D eigenvalue weighted by molar-refractivity contribution is -0.117. The van der Waals surface area contributed by atoms with Crippen molar-refractivity contribution in [3.8, 4) is 6.07 Å². The summed E-state index contributed by atoms with van der Waals surface area (Å²) in [5, 5.41) is 11.8. The van der Waals surface area contributed by atoms with Crippen molar-refractivity contribution in [2.75, 3.05) is 25.0 Å². The average molecular weight is 367 g/mol. The lowest BCUT2D eigenvalue weighted by Gasteiger charge is -2.25. The van der Waals surface area contributed by atoms with Crippen LogP contribution in [-0.2, 0) is 16.1 Å². The molecule has 1 saturated heterocycles. The molecule has 27 heavy (non-hydrogen) atoms. The molecule has 0 saturated carbocycles. The Morgan fingerprint density at radius 1 is 1.30 bits per heavy atom. The van der Waals surface area contributed by atoms with E-state index in [0.29, 0.717) is 24.3 Å². The molecule has 1 amide bonds. The van der Waals surface area contributed by atoms with E-state index >= 15 is 0 Å². The van der Waals surface area contributed by atoms with Gasteiger partial charge < -0.3 is 10.1 Å². The molecule has 0 radical (unpaired) electrons. The van der Waals surface area contributed by atoms with Gasteiger partial charge >= 0.3 is 0 Å². The molecule has 1 aliphatic heterocycles. The van der Waals surface area contributed by atoms with E-state index in [-0.39, 0.29) is 24.4 Å². The SMILES string of the molecule is N#Cc1cccc(NC(=O)CN(Cc2cccc(F)c2)CC2CCCO2)c1. The van der Waals surface area contributed by atoms with Crippen molar-refractivity contribution in [3.05, 3.63) is 65.5 Å². The number of amides is 1. The number of anilines is 1. The minimum Gasteiger partial charge on any atom is -0.377 e. The summed E-state index contributed by atoms with van der Waals surface area (Å²) in [7, 11) is 0. The van der Waals surface area contributed by atoms with Crippen LogP contribution in [0.1, 0.15) is 24.0 Å². The summed E-state index contributed by atoms with van der Waals surface area (Å²) < 4.78 is 19.2. The van der Waals surface area contributed by atoms with Crippen molar-refractivity contribution in [1.29, 1.82) is 5.26 Å². The fourth-order valence-corrected chi connectivity index (χ4v) is 3.22. The molecular weight excluding hydrogens is 345 g/mol. The number of nitriles is 1. The van der Waals surface area contributed by atoms with E-state index < -0.39 is 0 Å². The molecule has 1 N–H and O–H groups in total. The maximum Gasteiger partial charge on any atom is 0.238 e. The van der Waals surface area contributed by atoms with Crippen molar-refractivity contribution < 1.29 is 13.9 Å². The number of benzene rings is 2.